The predicted molar refractivity (Wildman–Crippen MR) is 114 cm³/mol. The number of nitrogens with zero attached hydrogens (tertiary/aromatic N) is 3. The molecule has 0 bridgehead atoms. The molecule has 1 aliphatic carbocycles. The van der Waals surface area contributed by atoms with Crippen LogP contribution in [-0.2, 0) is 4.74 Å². The highest BCUT2D eigenvalue weighted by atomic mass is 79.9. The first kappa shape index (κ1) is 19.4. The molecule has 0 atom stereocenters. The Morgan fingerprint density at radius 2 is 1.61 bits per heavy atom. The summed E-state index contributed by atoms with van der Waals surface area (Å²) in [4.78, 5) is 9.69. The lowest BCUT2D eigenvalue weighted by molar-refractivity contribution is 0.0331. The molecule has 0 saturated heterocycles. The Hall–Kier alpha value is -1.92. The Kier molecular flexibility index (Phi) is 5.43. The smallest absolute Gasteiger partial charge is 0.235 e. The summed E-state index contributed by atoms with van der Waals surface area (Å²) in [7, 11) is 1.79. The average Bonchev–Trinajstić information content (AvgIpc) is 3.01. The summed E-state index contributed by atoms with van der Waals surface area (Å²) in [5, 5.41) is 1.01. The predicted octanol–water partition coefficient (Wildman–Crippen LogP) is 5.44. The van der Waals surface area contributed by atoms with Crippen LogP contribution >= 0.6 is 15.9 Å². The second-order valence-electron chi connectivity index (χ2n) is 7.61. The third kappa shape index (κ3) is 3.67. The third-order valence-electron chi connectivity index (χ3n) is 5.63. The van der Waals surface area contributed by atoms with E-state index in [-0.39, 0.29) is 6.10 Å². The van der Waals surface area contributed by atoms with Gasteiger partial charge < -0.3 is 9.47 Å². The molecule has 4 rings (SSSR count). The van der Waals surface area contributed by atoms with Crippen LogP contribution in [0.15, 0.2) is 28.7 Å². The van der Waals surface area contributed by atoms with Gasteiger partial charge in [-0.05, 0) is 70.7 Å². The van der Waals surface area contributed by atoms with Gasteiger partial charge >= 0.3 is 0 Å². The number of hydrogen-bond acceptors (Lipinski definition) is 4. The number of hydrogen-bond donors (Lipinski definition) is 0. The molecule has 0 radical (unpaired) electrons. The van der Waals surface area contributed by atoms with Crippen molar-refractivity contribution < 1.29 is 9.47 Å². The van der Waals surface area contributed by atoms with E-state index in [9.17, 15) is 0 Å². The first-order chi connectivity index (χ1) is 13.5. The lowest BCUT2D eigenvalue weighted by atomic mass is 9.95. The number of rotatable bonds is 4. The minimum Gasteiger partial charge on any atom is -0.488 e. The molecule has 0 unspecified atom stereocenters. The number of aromatic nitrogens is 3. The van der Waals surface area contributed by atoms with Crippen molar-refractivity contribution in [1.82, 2.24) is 14.5 Å². The van der Waals surface area contributed by atoms with Crippen molar-refractivity contribution in [3.05, 3.63) is 45.8 Å². The second-order valence-corrected chi connectivity index (χ2v) is 8.53. The zero-order chi connectivity index (χ0) is 19.8. The van der Waals surface area contributed by atoms with Crippen molar-refractivity contribution in [2.24, 2.45) is 0 Å². The molecule has 28 heavy (non-hydrogen) atoms. The average molecular weight is 444 g/mol. The van der Waals surface area contributed by atoms with Gasteiger partial charge in [-0.3, -0.25) is 4.57 Å². The van der Waals surface area contributed by atoms with Crippen LogP contribution in [-0.4, -0.2) is 33.9 Å². The van der Waals surface area contributed by atoms with Crippen LogP contribution in [0.5, 0.6) is 5.75 Å². The van der Waals surface area contributed by atoms with E-state index in [0.29, 0.717) is 12.1 Å². The van der Waals surface area contributed by atoms with Crippen LogP contribution in [0.4, 0.5) is 0 Å². The van der Waals surface area contributed by atoms with E-state index < -0.39 is 0 Å². The number of fused-ring (bicyclic) bond motifs is 1. The highest BCUT2D eigenvalue weighted by Gasteiger charge is 2.23. The molecule has 0 amide bonds. The number of ether oxygens (including phenoxy) is 2. The standard InChI is InChI=1S/C22H26BrN3O2/c1-13-5-6-14(2)26(13)22-24-15(3)19-11-16(23)12-20(21(19)25-22)28-18-9-7-17(27-4)8-10-18/h5-6,11-12,17-18H,7-10H2,1-4H3. The monoisotopic (exact) mass is 443 g/mol. The van der Waals surface area contributed by atoms with E-state index in [0.717, 1.165) is 63.9 Å². The molecule has 148 valence electrons. The molecule has 6 heteroatoms. The van der Waals surface area contributed by atoms with Crippen LogP contribution in [0.1, 0.15) is 42.8 Å². The maximum absolute atomic E-state index is 6.44. The van der Waals surface area contributed by atoms with Gasteiger partial charge in [0, 0.05) is 28.4 Å². The summed E-state index contributed by atoms with van der Waals surface area (Å²) in [6.45, 7) is 6.17. The van der Waals surface area contributed by atoms with Gasteiger partial charge in [-0.25, -0.2) is 9.97 Å². The van der Waals surface area contributed by atoms with E-state index in [2.05, 4.69) is 52.5 Å². The Labute approximate surface area is 174 Å². The van der Waals surface area contributed by atoms with E-state index in [4.69, 9.17) is 19.4 Å². The minimum absolute atomic E-state index is 0.192. The molecule has 1 aromatic carbocycles. The van der Waals surface area contributed by atoms with E-state index in [1.54, 1.807) is 7.11 Å². The first-order valence-corrected chi connectivity index (χ1v) is 10.6. The molecule has 0 N–H and O–H groups in total. The molecule has 1 saturated carbocycles. The highest BCUT2D eigenvalue weighted by molar-refractivity contribution is 9.10. The molecule has 1 aliphatic rings. The molecule has 5 nitrogen and oxygen atoms in total. The normalized spacial score (nSPS) is 19.9. The summed E-state index contributed by atoms with van der Waals surface area (Å²) >= 11 is 3.62. The van der Waals surface area contributed by atoms with Crippen molar-refractivity contribution >= 4 is 26.8 Å². The molecule has 2 aromatic heterocycles. The van der Waals surface area contributed by atoms with Crippen LogP contribution in [0.3, 0.4) is 0 Å². The number of aryl methyl sites for hydroxylation is 3. The SMILES string of the molecule is COC1CCC(Oc2cc(Br)cc3c(C)nc(-n4c(C)ccc4C)nc23)CC1. The Bertz CT molecular complexity index is 987. The Morgan fingerprint density at radius 3 is 2.25 bits per heavy atom. The summed E-state index contributed by atoms with van der Waals surface area (Å²) in [6.07, 6.45) is 4.62. The Morgan fingerprint density at radius 1 is 0.964 bits per heavy atom. The lowest BCUT2D eigenvalue weighted by Crippen LogP contribution is -2.27. The number of benzene rings is 1. The van der Waals surface area contributed by atoms with Crippen molar-refractivity contribution in [3.8, 4) is 11.7 Å². The van der Waals surface area contributed by atoms with E-state index in [1.165, 1.54) is 0 Å². The zero-order valence-corrected chi connectivity index (χ0v) is 18.4. The van der Waals surface area contributed by atoms with Gasteiger partial charge in [0.1, 0.15) is 11.3 Å². The molecular formula is C22H26BrN3O2. The minimum atomic E-state index is 0.192. The maximum Gasteiger partial charge on any atom is 0.235 e. The molecule has 1 fully saturated rings. The van der Waals surface area contributed by atoms with Crippen LogP contribution < -0.4 is 4.74 Å². The van der Waals surface area contributed by atoms with Gasteiger partial charge in [-0.2, -0.15) is 0 Å². The molecule has 0 spiro atoms. The second kappa shape index (κ2) is 7.84. The number of halogens is 1. The molecular weight excluding hydrogens is 418 g/mol. The van der Waals surface area contributed by atoms with Crippen LogP contribution in [0.2, 0.25) is 0 Å². The molecule has 0 aliphatic heterocycles. The highest BCUT2D eigenvalue weighted by Crippen LogP contribution is 2.34. The van der Waals surface area contributed by atoms with Gasteiger partial charge in [0.05, 0.1) is 17.9 Å². The van der Waals surface area contributed by atoms with E-state index >= 15 is 0 Å². The van der Waals surface area contributed by atoms with Crippen LogP contribution in [0, 0.1) is 20.8 Å². The fourth-order valence-corrected chi connectivity index (χ4v) is 4.48. The van der Waals surface area contributed by atoms with Gasteiger partial charge in [-0.1, -0.05) is 15.9 Å². The fourth-order valence-electron chi connectivity index (χ4n) is 4.04. The van der Waals surface area contributed by atoms with Gasteiger partial charge in [0.25, 0.3) is 0 Å². The lowest BCUT2D eigenvalue weighted by Gasteiger charge is -2.28. The van der Waals surface area contributed by atoms with Gasteiger partial charge in [0.15, 0.2) is 0 Å². The molecule has 2 heterocycles. The fraction of sp³-hybridized carbons (Fsp3) is 0.455. The van der Waals surface area contributed by atoms with Crippen LogP contribution in [0.25, 0.3) is 16.9 Å². The van der Waals surface area contributed by atoms with Crippen molar-refractivity contribution in [2.75, 3.05) is 7.11 Å². The van der Waals surface area contributed by atoms with Gasteiger partial charge in [0.2, 0.25) is 5.95 Å². The Balaban J connectivity index is 1.76. The zero-order valence-electron chi connectivity index (χ0n) is 16.8. The summed E-state index contributed by atoms with van der Waals surface area (Å²) in [5.74, 6) is 1.51. The van der Waals surface area contributed by atoms with Crippen molar-refractivity contribution in [2.45, 2.75) is 58.7 Å². The van der Waals surface area contributed by atoms with Crippen molar-refractivity contribution in [1.29, 1.82) is 0 Å². The van der Waals surface area contributed by atoms with Gasteiger partial charge in [-0.15, -0.1) is 0 Å². The summed E-state index contributed by atoms with van der Waals surface area (Å²) < 4.78 is 15.0. The first-order valence-electron chi connectivity index (χ1n) is 9.79. The topological polar surface area (TPSA) is 49.2 Å². The quantitative estimate of drug-likeness (QED) is 0.538. The summed E-state index contributed by atoms with van der Waals surface area (Å²) in [5.41, 5.74) is 4.05. The number of methoxy groups -OCH3 is 1. The van der Waals surface area contributed by atoms with E-state index in [1.807, 2.05) is 13.0 Å². The largest absolute Gasteiger partial charge is 0.488 e. The summed E-state index contributed by atoms with van der Waals surface area (Å²) in [6, 6.07) is 8.27. The van der Waals surface area contributed by atoms with Crippen molar-refractivity contribution in [3.63, 3.8) is 0 Å². The maximum atomic E-state index is 6.44. The molecule has 3 aromatic rings. The third-order valence-corrected chi connectivity index (χ3v) is 6.09.